The van der Waals surface area contributed by atoms with E-state index in [0.717, 1.165) is 23.7 Å². The van der Waals surface area contributed by atoms with E-state index in [0.29, 0.717) is 5.88 Å². The second kappa shape index (κ2) is 6.17. The maximum absolute atomic E-state index is 5.76. The third-order valence-electron chi connectivity index (χ3n) is 1.66. The number of hydrogen-bond acceptors (Lipinski definition) is 2. The highest BCUT2D eigenvalue weighted by molar-refractivity contribution is 7.98. The molecule has 72 valence electrons. The molecule has 0 amide bonds. The van der Waals surface area contributed by atoms with Gasteiger partial charge in [0.2, 0.25) is 0 Å². The second-order valence-electron chi connectivity index (χ2n) is 2.58. The van der Waals surface area contributed by atoms with Gasteiger partial charge in [-0.2, -0.15) is 11.8 Å². The van der Waals surface area contributed by atoms with E-state index in [2.05, 4.69) is 6.26 Å². The molecule has 0 spiro atoms. The molecule has 1 rings (SSSR count). The van der Waals surface area contributed by atoms with Gasteiger partial charge < -0.3 is 4.74 Å². The summed E-state index contributed by atoms with van der Waals surface area (Å²) in [7, 11) is 0. The number of para-hydroxylation sites is 1. The van der Waals surface area contributed by atoms with Gasteiger partial charge in [0.15, 0.2) is 0 Å². The number of benzene rings is 1. The van der Waals surface area contributed by atoms with E-state index < -0.39 is 0 Å². The molecule has 1 aromatic rings. The summed E-state index contributed by atoms with van der Waals surface area (Å²) in [6.07, 6.45) is 2.07. The lowest BCUT2D eigenvalue weighted by Gasteiger charge is -2.08. The van der Waals surface area contributed by atoms with Crippen molar-refractivity contribution in [3.8, 4) is 5.75 Å². The Morgan fingerprint density at radius 3 is 2.85 bits per heavy atom. The van der Waals surface area contributed by atoms with Gasteiger partial charge in [-0.05, 0) is 12.3 Å². The minimum atomic E-state index is 0.509. The van der Waals surface area contributed by atoms with Crippen molar-refractivity contribution in [2.24, 2.45) is 0 Å². The zero-order valence-electron chi connectivity index (χ0n) is 7.63. The van der Waals surface area contributed by atoms with Gasteiger partial charge in [-0.15, -0.1) is 11.6 Å². The molecule has 0 saturated heterocycles. The molecule has 0 aromatic heterocycles. The van der Waals surface area contributed by atoms with Gasteiger partial charge >= 0.3 is 0 Å². The van der Waals surface area contributed by atoms with Crippen molar-refractivity contribution < 1.29 is 4.74 Å². The van der Waals surface area contributed by atoms with Crippen LogP contribution < -0.4 is 4.74 Å². The average molecular weight is 217 g/mol. The highest BCUT2D eigenvalue weighted by atomic mass is 35.5. The highest BCUT2D eigenvalue weighted by Gasteiger charge is 1.99. The molecule has 3 heteroatoms. The lowest BCUT2D eigenvalue weighted by Crippen LogP contribution is -2.01. The Morgan fingerprint density at radius 2 is 2.15 bits per heavy atom. The number of ether oxygens (including phenoxy) is 1. The molecule has 1 nitrogen and oxygen atoms in total. The number of thioether (sulfide) groups is 1. The maximum atomic E-state index is 5.76. The molecule has 0 unspecified atom stereocenters. The molecule has 0 N–H and O–H groups in total. The van der Waals surface area contributed by atoms with Crippen LogP contribution in [0.15, 0.2) is 24.3 Å². The zero-order valence-corrected chi connectivity index (χ0v) is 9.20. The summed E-state index contributed by atoms with van der Waals surface area (Å²) in [5, 5.41) is 0. The minimum absolute atomic E-state index is 0.509. The molecule has 0 aliphatic carbocycles. The van der Waals surface area contributed by atoms with Gasteiger partial charge in [-0.3, -0.25) is 0 Å². The summed E-state index contributed by atoms with van der Waals surface area (Å²) in [6, 6.07) is 7.88. The van der Waals surface area contributed by atoms with E-state index in [4.69, 9.17) is 16.3 Å². The molecular formula is C10H13ClOS. The molecular weight excluding hydrogens is 204 g/mol. The van der Waals surface area contributed by atoms with Gasteiger partial charge in [0.1, 0.15) is 5.75 Å². The average Bonchev–Trinajstić information content (AvgIpc) is 2.19. The number of rotatable bonds is 5. The molecule has 0 heterocycles. The second-order valence-corrected chi connectivity index (χ2v) is 3.84. The highest BCUT2D eigenvalue weighted by Crippen LogP contribution is 2.19. The lowest BCUT2D eigenvalue weighted by molar-refractivity contribution is 0.341. The molecule has 0 aliphatic rings. The number of hydrogen-bond donors (Lipinski definition) is 0. The van der Waals surface area contributed by atoms with Gasteiger partial charge in [-0.1, -0.05) is 18.2 Å². The van der Waals surface area contributed by atoms with Crippen LogP contribution in [0.3, 0.4) is 0 Å². The van der Waals surface area contributed by atoms with Crippen LogP contribution in [0.4, 0.5) is 0 Å². The van der Waals surface area contributed by atoms with Gasteiger partial charge in [-0.25, -0.2) is 0 Å². The fourth-order valence-corrected chi connectivity index (χ4v) is 1.46. The summed E-state index contributed by atoms with van der Waals surface area (Å²) in [5.74, 6) is 2.43. The van der Waals surface area contributed by atoms with Crippen LogP contribution in [0.25, 0.3) is 0 Å². The van der Waals surface area contributed by atoms with Crippen LogP contribution in [0.5, 0.6) is 5.75 Å². The first-order valence-corrected chi connectivity index (χ1v) is 6.07. The predicted octanol–water partition coefficient (Wildman–Crippen LogP) is 3.17. The molecule has 0 radical (unpaired) electrons. The maximum Gasteiger partial charge on any atom is 0.123 e. The summed E-state index contributed by atoms with van der Waals surface area (Å²) in [5.41, 5.74) is 1.06. The van der Waals surface area contributed by atoms with Crippen LogP contribution in [-0.4, -0.2) is 18.6 Å². The standard InChI is InChI=1S/C10H13ClOS/c1-13-7-6-12-10-5-3-2-4-9(10)8-11/h2-5H,6-8H2,1H3. The topological polar surface area (TPSA) is 9.23 Å². The zero-order chi connectivity index (χ0) is 9.52. The molecule has 0 aliphatic heterocycles. The van der Waals surface area contributed by atoms with E-state index >= 15 is 0 Å². The van der Waals surface area contributed by atoms with Crippen molar-refractivity contribution in [3.63, 3.8) is 0 Å². The molecule has 1 aromatic carbocycles. The van der Waals surface area contributed by atoms with E-state index in [-0.39, 0.29) is 0 Å². The molecule has 0 atom stereocenters. The summed E-state index contributed by atoms with van der Waals surface area (Å²) in [6.45, 7) is 0.745. The van der Waals surface area contributed by atoms with Crippen molar-refractivity contribution in [3.05, 3.63) is 29.8 Å². The molecule has 0 bridgehead atoms. The van der Waals surface area contributed by atoms with Gasteiger partial charge in [0.05, 0.1) is 12.5 Å². The summed E-state index contributed by atoms with van der Waals surface area (Å²) in [4.78, 5) is 0. The van der Waals surface area contributed by atoms with Crippen LogP contribution in [0.2, 0.25) is 0 Å². The van der Waals surface area contributed by atoms with Crippen LogP contribution in [0.1, 0.15) is 5.56 Å². The molecule has 0 saturated carbocycles. The van der Waals surface area contributed by atoms with E-state index in [9.17, 15) is 0 Å². The van der Waals surface area contributed by atoms with Crippen LogP contribution in [0, 0.1) is 0 Å². The van der Waals surface area contributed by atoms with Crippen molar-refractivity contribution >= 4 is 23.4 Å². The third-order valence-corrected chi connectivity index (χ3v) is 2.52. The SMILES string of the molecule is CSCCOc1ccccc1CCl. The number of halogens is 1. The quantitative estimate of drug-likeness (QED) is 0.553. The van der Waals surface area contributed by atoms with E-state index in [1.165, 1.54) is 0 Å². The first-order valence-electron chi connectivity index (χ1n) is 4.14. The van der Waals surface area contributed by atoms with Crippen molar-refractivity contribution in [1.82, 2.24) is 0 Å². The Labute approximate surface area is 88.4 Å². The Hall–Kier alpha value is -0.340. The van der Waals surface area contributed by atoms with Crippen molar-refractivity contribution in [2.75, 3.05) is 18.6 Å². The van der Waals surface area contributed by atoms with Crippen LogP contribution >= 0.6 is 23.4 Å². The monoisotopic (exact) mass is 216 g/mol. The van der Waals surface area contributed by atoms with E-state index in [1.807, 2.05) is 24.3 Å². The first-order chi connectivity index (χ1) is 6.38. The molecule has 0 fully saturated rings. The fourth-order valence-electron chi connectivity index (χ4n) is 0.990. The summed E-state index contributed by atoms with van der Waals surface area (Å²) < 4.78 is 5.56. The normalized spacial score (nSPS) is 10.0. The van der Waals surface area contributed by atoms with Gasteiger partial charge in [0, 0.05) is 11.3 Å². The largest absolute Gasteiger partial charge is 0.492 e. The van der Waals surface area contributed by atoms with Crippen molar-refractivity contribution in [2.45, 2.75) is 5.88 Å². The summed E-state index contributed by atoms with van der Waals surface area (Å²) >= 11 is 7.54. The smallest absolute Gasteiger partial charge is 0.123 e. The van der Waals surface area contributed by atoms with E-state index in [1.54, 1.807) is 11.8 Å². The Kier molecular flexibility index (Phi) is 5.09. The Balaban J connectivity index is 2.54. The minimum Gasteiger partial charge on any atom is -0.492 e. The van der Waals surface area contributed by atoms with Crippen LogP contribution in [-0.2, 0) is 5.88 Å². The fraction of sp³-hybridized carbons (Fsp3) is 0.400. The van der Waals surface area contributed by atoms with Gasteiger partial charge in [0.25, 0.3) is 0 Å². The third kappa shape index (κ3) is 3.49. The Morgan fingerprint density at radius 1 is 1.38 bits per heavy atom. The predicted molar refractivity (Wildman–Crippen MR) is 59.9 cm³/mol. The Bertz CT molecular complexity index is 252. The first kappa shape index (κ1) is 10.7. The van der Waals surface area contributed by atoms with Crippen molar-refractivity contribution in [1.29, 1.82) is 0 Å². The number of alkyl halides is 1. The lowest BCUT2D eigenvalue weighted by atomic mass is 10.2. The molecule has 13 heavy (non-hydrogen) atoms.